The molecule has 0 aliphatic rings. The van der Waals surface area contributed by atoms with Crippen molar-refractivity contribution in [2.45, 2.75) is 17.6 Å². The molecule has 2 N–H and O–H groups in total. The van der Waals surface area contributed by atoms with Gasteiger partial charge >= 0.3 is 10.1 Å². The number of hydrogen-bond donors (Lipinski definition) is 2. The second kappa shape index (κ2) is 9.35. The fourth-order valence-electron chi connectivity index (χ4n) is 2.58. The van der Waals surface area contributed by atoms with E-state index in [0.717, 1.165) is 11.1 Å². The second-order valence-corrected chi connectivity index (χ2v) is 11.1. The lowest BCUT2D eigenvalue weighted by Gasteiger charge is -2.37. The summed E-state index contributed by atoms with van der Waals surface area (Å²) in [5.74, 6) is 0.502. The maximum Gasteiger partial charge on any atom is 0.306 e. The van der Waals surface area contributed by atoms with Gasteiger partial charge in [-0.2, -0.15) is 13.7 Å². The van der Waals surface area contributed by atoms with Crippen LogP contribution in [0.25, 0.3) is 0 Å². The van der Waals surface area contributed by atoms with E-state index in [0.29, 0.717) is 5.56 Å². The van der Waals surface area contributed by atoms with Crippen LogP contribution in [0.2, 0.25) is 0 Å². The molecule has 27 heavy (non-hydrogen) atoms. The smallest absolute Gasteiger partial charge is 0.306 e. The van der Waals surface area contributed by atoms with Gasteiger partial charge in [0.1, 0.15) is 0 Å². The Bertz CT molecular complexity index is 881. The Hall–Kier alpha value is -1.89. The standard InChI is InChI=1S/C19H23NO5S2/c1-16-2-8-19(9-3-16)27(23,24)25-26(12-10-21,13-11-22)15-18-6-4-17(14-20)5-7-18/h2-9,21-22H,10-13,15H2,1H3. The van der Waals surface area contributed by atoms with Gasteiger partial charge in [-0.05, 0) is 36.8 Å². The minimum Gasteiger partial charge on any atom is -0.395 e. The predicted octanol–water partition coefficient (Wildman–Crippen LogP) is 2.48. The van der Waals surface area contributed by atoms with Gasteiger partial charge in [-0.3, -0.25) is 0 Å². The van der Waals surface area contributed by atoms with Crippen LogP contribution in [-0.2, 0) is 19.5 Å². The number of nitriles is 1. The monoisotopic (exact) mass is 409 g/mol. The molecule has 2 aromatic rings. The van der Waals surface area contributed by atoms with E-state index in [1.165, 1.54) is 12.1 Å². The summed E-state index contributed by atoms with van der Waals surface area (Å²) >= 11 is 0. The molecule has 0 radical (unpaired) electrons. The van der Waals surface area contributed by atoms with Gasteiger partial charge in [-0.25, -0.2) is 3.63 Å². The highest BCUT2D eigenvalue weighted by Crippen LogP contribution is 2.53. The molecule has 2 rings (SSSR count). The average molecular weight is 410 g/mol. The van der Waals surface area contributed by atoms with Gasteiger partial charge in [-0.15, -0.1) is 10.3 Å². The van der Waals surface area contributed by atoms with Crippen LogP contribution in [0.1, 0.15) is 16.7 Å². The van der Waals surface area contributed by atoms with Crippen LogP contribution < -0.4 is 0 Å². The van der Waals surface area contributed by atoms with Crippen molar-refractivity contribution < 1.29 is 22.3 Å². The molecule has 0 fully saturated rings. The summed E-state index contributed by atoms with van der Waals surface area (Å²) in [7, 11) is -6.41. The molecule has 0 unspecified atom stereocenters. The highest BCUT2D eigenvalue weighted by Gasteiger charge is 2.32. The normalized spacial score (nSPS) is 12.5. The molecule has 0 spiro atoms. The zero-order chi connectivity index (χ0) is 19.9. The van der Waals surface area contributed by atoms with Gasteiger partial charge < -0.3 is 10.2 Å². The number of rotatable bonds is 9. The fourth-order valence-corrected chi connectivity index (χ4v) is 7.58. The second-order valence-electron chi connectivity index (χ2n) is 6.11. The number of aliphatic hydroxyl groups excluding tert-OH is 2. The van der Waals surface area contributed by atoms with Crippen molar-refractivity contribution in [2.24, 2.45) is 0 Å². The van der Waals surface area contributed by atoms with Crippen molar-refractivity contribution in [3.8, 4) is 6.07 Å². The predicted molar refractivity (Wildman–Crippen MR) is 106 cm³/mol. The average Bonchev–Trinajstić information content (AvgIpc) is 2.63. The topological polar surface area (TPSA) is 108 Å². The number of benzene rings is 2. The maximum absolute atomic E-state index is 12.8. The SMILES string of the molecule is Cc1ccc(S(=O)(=O)OS(CCO)(CCO)Cc2ccc(C#N)cc2)cc1. The van der Waals surface area contributed by atoms with Crippen LogP contribution >= 0.6 is 10.3 Å². The van der Waals surface area contributed by atoms with E-state index in [-0.39, 0.29) is 35.4 Å². The molecule has 0 saturated carbocycles. The Labute approximate surface area is 161 Å². The lowest BCUT2D eigenvalue weighted by atomic mass is 10.2. The van der Waals surface area contributed by atoms with E-state index in [1.807, 2.05) is 13.0 Å². The number of aryl methyl sites for hydroxylation is 1. The first-order chi connectivity index (χ1) is 12.8. The van der Waals surface area contributed by atoms with Crippen molar-refractivity contribution in [1.82, 2.24) is 0 Å². The molecule has 2 aromatic carbocycles. The number of nitrogens with zero attached hydrogens (tertiary/aromatic N) is 1. The van der Waals surface area contributed by atoms with Crippen LogP contribution in [0.4, 0.5) is 0 Å². The molecule has 0 atom stereocenters. The van der Waals surface area contributed by atoms with Crippen LogP contribution in [0, 0.1) is 18.3 Å². The van der Waals surface area contributed by atoms with E-state index >= 15 is 0 Å². The molecule has 0 aliphatic carbocycles. The number of hydrogen-bond acceptors (Lipinski definition) is 6. The van der Waals surface area contributed by atoms with Gasteiger partial charge in [0.2, 0.25) is 0 Å². The van der Waals surface area contributed by atoms with E-state index in [1.54, 1.807) is 36.4 Å². The van der Waals surface area contributed by atoms with Crippen LogP contribution in [0.3, 0.4) is 0 Å². The molecule has 0 aromatic heterocycles. The number of aliphatic hydroxyl groups is 2. The quantitative estimate of drug-likeness (QED) is 0.659. The molecule has 8 heteroatoms. The van der Waals surface area contributed by atoms with E-state index < -0.39 is 20.4 Å². The summed E-state index contributed by atoms with van der Waals surface area (Å²) in [6.07, 6.45) is 0. The highest BCUT2D eigenvalue weighted by molar-refractivity contribution is 8.32. The summed E-state index contributed by atoms with van der Waals surface area (Å²) in [6, 6.07) is 15.1. The summed E-state index contributed by atoms with van der Waals surface area (Å²) in [6.45, 7) is 1.35. The van der Waals surface area contributed by atoms with Crippen molar-refractivity contribution >= 4 is 20.4 Å². The third-order valence-corrected chi connectivity index (χ3v) is 9.42. The molecule has 0 bridgehead atoms. The molecular weight excluding hydrogens is 386 g/mol. The Morgan fingerprint density at radius 1 is 0.963 bits per heavy atom. The molecule has 6 nitrogen and oxygen atoms in total. The first-order valence-electron chi connectivity index (χ1n) is 8.34. The summed E-state index contributed by atoms with van der Waals surface area (Å²) in [5.41, 5.74) is 2.21. The van der Waals surface area contributed by atoms with Gasteiger partial charge in [-0.1, -0.05) is 29.8 Å². The third kappa shape index (κ3) is 5.79. The zero-order valence-corrected chi connectivity index (χ0v) is 16.7. The minimum atomic E-state index is -4.05. The molecule has 0 amide bonds. The van der Waals surface area contributed by atoms with Gasteiger partial charge in [0.05, 0.1) is 29.7 Å². The lowest BCUT2D eigenvalue weighted by molar-refractivity contribution is 0.312. The summed E-state index contributed by atoms with van der Waals surface area (Å²) in [4.78, 5) is 0.0423. The first kappa shape index (κ1) is 21.4. The minimum absolute atomic E-state index is 0.0423. The van der Waals surface area contributed by atoms with E-state index in [4.69, 9.17) is 8.89 Å². The van der Waals surface area contributed by atoms with Crippen LogP contribution in [0.5, 0.6) is 0 Å². The third-order valence-electron chi connectivity index (χ3n) is 3.98. The highest BCUT2D eigenvalue weighted by atomic mass is 32.3. The van der Waals surface area contributed by atoms with Crippen molar-refractivity contribution in [3.05, 3.63) is 65.2 Å². The molecule has 0 aliphatic heterocycles. The summed E-state index contributed by atoms with van der Waals surface area (Å²) in [5, 5.41) is 27.9. The van der Waals surface area contributed by atoms with E-state index in [2.05, 4.69) is 0 Å². The van der Waals surface area contributed by atoms with Gasteiger partial charge in [0, 0.05) is 17.3 Å². The molecule has 0 heterocycles. The zero-order valence-electron chi connectivity index (χ0n) is 15.0. The molecular formula is C19H23NO5S2. The van der Waals surface area contributed by atoms with Gasteiger partial charge in [0.25, 0.3) is 0 Å². The molecule has 146 valence electrons. The van der Waals surface area contributed by atoms with Crippen LogP contribution in [-0.4, -0.2) is 43.4 Å². The van der Waals surface area contributed by atoms with Crippen molar-refractivity contribution in [1.29, 1.82) is 5.26 Å². The Kier molecular flexibility index (Phi) is 7.41. The Balaban J connectivity index is 2.36. The Morgan fingerprint density at radius 3 is 2.00 bits per heavy atom. The van der Waals surface area contributed by atoms with Gasteiger partial charge in [0.15, 0.2) is 0 Å². The lowest BCUT2D eigenvalue weighted by Crippen LogP contribution is -2.23. The summed E-state index contributed by atoms with van der Waals surface area (Å²) < 4.78 is 31.2. The largest absolute Gasteiger partial charge is 0.395 e. The van der Waals surface area contributed by atoms with Crippen molar-refractivity contribution in [3.63, 3.8) is 0 Å². The molecule has 0 saturated heterocycles. The van der Waals surface area contributed by atoms with Crippen LogP contribution in [0.15, 0.2) is 53.4 Å². The first-order valence-corrected chi connectivity index (χ1v) is 11.8. The fraction of sp³-hybridized carbons (Fsp3) is 0.316. The Morgan fingerprint density at radius 2 is 1.52 bits per heavy atom. The van der Waals surface area contributed by atoms with Crippen molar-refractivity contribution in [2.75, 3.05) is 24.7 Å². The maximum atomic E-state index is 12.8. The van der Waals surface area contributed by atoms with E-state index in [9.17, 15) is 18.6 Å².